The fourth-order valence-electron chi connectivity index (χ4n) is 2.09. The van der Waals surface area contributed by atoms with Crippen LogP contribution in [0.3, 0.4) is 0 Å². The Morgan fingerprint density at radius 3 is 2.80 bits per heavy atom. The van der Waals surface area contributed by atoms with E-state index in [1.165, 1.54) is 0 Å². The van der Waals surface area contributed by atoms with Gasteiger partial charge in [-0.15, -0.1) is 0 Å². The molecule has 1 amide bonds. The maximum absolute atomic E-state index is 11.6. The molecule has 1 fully saturated rings. The van der Waals surface area contributed by atoms with Gasteiger partial charge in [-0.25, -0.2) is 5.43 Å². The minimum absolute atomic E-state index is 0.0864. The lowest BCUT2D eigenvalue weighted by molar-refractivity contribution is -0.123. The van der Waals surface area contributed by atoms with Crippen LogP contribution in [0.25, 0.3) is 0 Å². The molecule has 0 unspecified atom stereocenters. The number of ether oxygens (including phenoxy) is 1. The largest absolute Gasteiger partial charge is 0.482 e. The number of carbonyl (C=O) groups excluding carboxylic acids is 1. The van der Waals surface area contributed by atoms with Gasteiger partial charge in [0.25, 0.3) is 5.91 Å². The molecule has 1 aliphatic rings. The van der Waals surface area contributed by atoms with E-state index in [0.717, 1.165) is 37.3 Å². The first-order valence-corrected chi connectivity index (χ1v) is 7.24. The zero-order valence-electron chi connectivity index (χ0n) is 11.6. The van der Waals surface area contributed by atoms with Gasteiger partial charge in [0.05, 0.1) is 5.02 Å². The molecule has 4 nitrogen and oxygen atoms in total. The van der Waals surface area contributed by atoms with Crippen LogP contribution in [0.4, 0.5) is 0 Å². The Kier molecular flexibility index (Phi) is 5.41. The summed E-state index contributed by atoms with van der Waals surface area (Å²) in [7, 11) is 0. The van der Waals surface area contributed by atoms with E-state index in [9.17, 15) is 4.79 Å². The molecule has 0 spiro atoms. The second-order valence-electron chi connectivity index (χ2n) is 5.11. The van der Waals surface area contributed by atoms with E-state index in [1.807, 2.05) is 12.1 Å². The predicted molar refractivity (Wildman–Crippen MR) is 80.2 cm³/mol. The maximum atomic E-state index is 11.6. The lowest BCUT2D eigenvalue weighted by Gasteiger charge is -2.18. The van der Waals surface area contributed by atoms with Crippen molar-refractivity contribution < 1.29 is 9.53 Å². The molecule has 5 heteroatoms. The van der Waals surface area contributed by atoms with Crippen molar-refractivity contribution in [1.82, 2.24) is 5.43 Å². The van der Waals surface area contributed by atoms with Crippen LogP contribution in [0.1, 0.15) is 32.6 Å². The number of hydrogen-bond acceptors (Lipinski definition) is 3. The SMILES string of the molecule is CC1CCC(=NNC(=O)COc2ccccc2Cl)CC1. The average molecular weight is 295 g/mol. The standard InChI is InChI=1S/C15H19ClN2O2/c1-11-6-8-12(9-7-11)17-18-15(19)10-20-14-5-3-2-4-13(14)16/h2-5,11H,6-10H2,1H3,(H,18,19). The van der Waals surface area contributed by atoms with Gasteiger partial charge < -0.3 is 4.74 Å². The maximum Gasteiger partial charge on any atom is 0.277 e. The zero-order valence-corrected chi connectivity index (χ0v) is 12.3. The molecule has 20 heavy (non-hydrogen) atoms. The average Bonchev–Trinajstić information content (AvgIpc) is 2.46. The van der Waals surface area contributed by atoms with Crippen LogP contribution >= 0.6 is 11.6 Å². The summed E-state index contributed by atoms with van der Waals surface area (Å²) in [5.41, 5.74) is 3.60. The molecule has 1 aliphatic carbocycles. The molecule has 0 atom stereocenters. The molecule has 1 saturated carbocycles. The highest BCUT2D eigenvalue weighted by molar-refractivity contribution is 6.32. The highest BCUT2D eigenvalue weighted by atomic mass is 35.5. The van der Waals surface area contributed by atoms with E-state index in [-0.39, 0.29) is 12.5 Å². The molecule has 0 bridgehead atoms. The monoisotopic (exact) mass is 294 g/mol. The molecular formula is C15H19ClN2O2. The molecule has 0 aliphatic heterocycles. The van der Waals surface area contributed by atoms with Crippen LogP contribution in [0.2, 0.25) is 5.02 Å². The van der Waals surface area contributed by atoms with Gasteiger partial charge in [0, 0.05) is 5.71 Å². The van der Waals surface area contributed by atoms with Crippen LogP contribution in [-0.4, -0.2) is 18.2 Å². The summed E-state index contributed by atoms with van der Waals surface area (Å²) < 4.78 is 5.34. The summed E-state index contributed by atoms with van der Waals surface area (Å²) in [6, 6.07) is 7.07. The van der Waals surface area contributed by atoms with Crippen molar-refractivity contribution >= 4 is 23.2 Å². The lowest BCUT2D eigenvalue weighted by atomic mass is 9.90. The first-order chi connectivity index (χ1) is 9.65. The van der Waals surface area contributed by atoms with Crippen molar-refractivity contribution in [3.63, 3.8) is 0 Å². The van der Waals surface area contributed by atoms with Crippen LogP contribution in [0.15, 0.2) is 29.4 Å². The first-order valence-electron chi connectivity index (χ1n) is 6.86. The first kappa shape index (κ1) is 14.9. The van der Waals surface area contributed by atoms with Crippen LogP contribution < -0.4 is 10.2 Å². The van der Waals surface area contributed by atoms with Crippen LogP contribution in [0, 0.1) is 5.92 Å². The minimum atomic E-state index is -0.268. The van der Waals surface area contributed by atoms with Crippen molar-refractivity contribution in [2.24, 2.45) is 11.0 Å². The molecule has 1 aromatic rings. The number of para-hydroxylation sites is 1. The Hall–Kier alpha value is -1.55. The topological polar surface area (TPSA) is 50.7 Å². The molecule has 1 aromatic carbocycles. The molecule has 108 valence electrons. The predicted octanol–water partition coefficient (Wildman–Crippen LogP) is 3.40. The van der Waals surface area contributed by atoms with E-state index >= 15 is 0 Å². The highest BCUT2D eigenvalue weighted by Crippen LogP contribution is 2.23. The Morgan fingerprint density at radius 1 is 1.40 bits per heavy atom. The number of amides is 1. The number of nitrogens with zero attached hydrogens (tertiary/aromatic N) is 1. The van der Waals surface area contributed by atoms with Crippen molar-refractivity contribution in [1.29, 1.82) is 0 Å². The van der Waals surface area contributed by atoms with Gasteiger partial charge >= 0.3 is 0 Å². The summed E-state index contributed by atoms with van der Waals surface area (Å²) in [5, 5.41) is 4.65. The van der Waals surface area contributed by atoms with Gasteiger partial charge in [0.15, 0.2) is 6.61 Å². The fraction of sp³-hybridized carbons (Fsp3) is 0.467. The molecular weight excluding hydrogens is 276 g/mol. The Bertz CT molecular complexity index is 492. The van der Waals surface area contributed by atoms with Crippen molar-refractivity contribution in [3.05, 3.63) is 29.3 Å². The molecule has 0 heterocycles. The third-order valence-corrected chi connectivity index (χ3v) is 3.70. The Morgan fingerprint density at radius 2 is 2.10 bits per heavy atom. The van der Waals surface area contributed by atoms with Crippen LogP contribution in [-0.2, 0) is 4.79 Å². The van der Waals surface area contributed by atoms with Crippen molar-refractivity contribution in [2.45, 2.75) is 32.6 Å². The van der Waals surface area contributed by atoms with E-state index in [0.29, 0.717) is 10.8 Å². The fourth-order valence-corrected chi connectivity index (χ4v) is 2.28. The van der Waals surface area contributed by atoms with E-state index in [1.54, 1.807) is 12.1 Å². The number of hydrogen-bond donors (Lipinski definition) is 1. The summed E-state index contributed by atoms with van der Waals surface area (Å²) >= 11 is 5.94. The Labute approximate surface area is 124 Å². The van der Waals surface area contributed by atoms with Gasteiger partial charge in [-0.2, -0.15) is 5.10 Å². The van der Waals surface area contributed by atoms with Gasteiger partial charge in [-0.05, 0) is 43.7 Å². The smallest absolute Gasteiger partial charge is 0.277 e. The minimum Gasteiger partial charge on any atom is -0.482 e. The molecule has 1 N–H and O–H groups in total. The summed E-state index contributed by atoms with van der Waals surface area (Å²) in [6.07, 6.45) is 4.22. The van der Waals surface area contributed by atoms with Crippen molar-refractivity contribution in [2.75, 3.05) is 6.61 Å². The number of hydrazone groups is 1. The highest BCUT2D eigenvalue weighted by Gasteiger charge is 2.13. The van der Waals surface area contributed by atoms with Crippen LogP contribution in [0.5, 0.6) is 5.75 Å². The van der Waals surface area contributed by atoms with Gasteiger partial charge in [0.2, 0.25) is 0 Å². The van der Waals surface area contributed by atoms with E-state index in [2.05, 4.69) is 17.5 Å². The summed E-state index contributed by atoms with van der Waals surface area (Å²) in [4.78, 5) is 11.6. The number of halogens is 1. The number of nitrogens with one attached hydrogen (secondary N) is 1. The third kappa shape index (κ3) is 4.53. The van der Waals surface area contributed by atoms with E-state index in [4.69, 9.17) is 16.3 Å². The third-order valence-electron chi connectivity index (χ3n) is 3.39. The lowest BCUT2D eigenvalue weighted by Crippen LogP contribution is -2.26. The molecule has 0 aromatic heterocycles. The van der Waals surface area contributed by atoms with Crippen molar-refractivity contribution in [3.8, 4) is 5.75 Å². The second kappa shape index (κ2) is 7.29. The Balaban J connectivity index is 1.76. The van der Waals surface area contributed by atoms with Gasteiger partial charge in [-0.1, -0.05) is 30.7 Å². The number of carbonyl (C=O) groups is 1. The molecule has 2 rings (SSSR count). The summed E-state index contributed by atoms with van der Waals surface area (Å²) in [5.74, 6) is 0.993. The zero-order chi connectivity index (χ0) is 14.4. The quantitative estimate of drug-likeness (QED) is 0.865. The number of benzene rings is 1. The van der Waals surface area contributed by atoms with Gasteiger partial charge in [0.1, 0.15) is 5.75 Å². The van der Waals surface area contributed by atoms with E-state index < -0.39 is 0 Å². The second-order valence-corrected chi connectivity index (χ2v) is 5.52. The number of rotatable bonds is 4. The molecule has 0 saturated heterocycles. The summed E-state index contributed by atoms with van der Waals surface area (Å²) in [6.45, 7) is 2.16. The normalized spacial score (nSPS) is 18.5. The van der Waals surface area contributed by atoms with Gasteiger partial charge in [-0.3, -0.25) is 4.79 Å². The molecule has 0 radical (unpaired) electrons.